The largest absolute Gasteiger partial charge is 0.481 e. The number of carbonyl (C=O) groups is 2. The van der Waals surface area contributed by atoms with Gasteiger partial charge in [-0.2, -0.15) is 0 Å². The lowest BCUT2D eigenvalue weighted by Gasteiger charge is -2.29. The predicted octanol–water partition coefficient (Wildman–Crippen LogP) is 2.03. The fourth-order valence-corrected chi connectivity index (χ4v) is 3.04. The Kier molecular flexibility index (Phi) is 5.31. The molecule has 0 spiro atoms. The summed E-state index contributed by atoms with van der Waals surface area (Å²) in [6, 6.07) is 0. The lowest BCUT2D eigenvalue weighted by atomic mass is 9.98. The lowest BCUT2D eigenvalue weighted by Crippen LogP contribution is -2.47. The molecule has 1 rings (SSSR count). The van der Waals surface area contributed by atoms with Crippen LogP contribution in [0.3, 0.4) is 0 Å². The van der Waals surface area contributed by atoms with Crippen LogP contribution >= 0.6 is 11.8 Å². The molecule has 0 radical (unpaired) electrons. The number of amides is 1. The highest BCUT2D eigenvalue weighted by atomic mass is 32.2. The fourth-order valence-electron chi connectivity index (χ4n) is 1.84. The van der Waals surface area contributed by atoms with Gasteiger partial charge in [0.05, 0.1) is 5.25 Å². The molecule has 98 valence electrons. The van der Waals surface area contributed by atoms with Gasteiger partial charge in [-0.3, -0.25) is 9.59 Å². The van der Waals surface area contributed by atoms with Gasteiger partial charge in [-0.25, -0.2) is 0 Å². The molecule has 4 nitrogen and oxygen atoms in total. The second kappa shape index (κ2) is 6.28. The first-order valence-corrected chi connectivity index (χ1v) is 7.11. The van der Waals surface area contributed by atoms with Crippen LogP contribution in [0.25, 0.3) is 0 Å². The van der Waals surface area contributed by atoms with Crippen molar-refractivity contribution in [3.8, 4) is 0 Å². The van der Waals surface area contributed by atoms with Crippen molar-refractivity contribution < 1.29 is 14.7 Å². The lowest BCUT2D eigenvalue weighted by molar-refractivity contribution is -0.137. The third kappa shape index (κ3) is 5.44. The van der Waals surface area contributed by atoms with E-state index >= 15 is 0 Å². The molecule has 1 aliphatic rings. The third-order valence-corrected chi connectivity index (χ3v) is 4.27. The van der Waals surface area contributed by atoms with Crippen molar-refractivity contribution in [3.63, 3.8) is 0 Å². The van der Waals surface area contributed by atoms with Crippen molar-refractivity contribution in [3.05, 3.63) is 0 Å². The summed E-state index contributed by atoms with van der Waals surface area (Å²) in [6.07, 6.45) is 3.79. The molecule has 0 aliphatic carbocycles. The average Bonchev–Trinajstić information content (AvgIpc) is 2.27. The first kappa shape index (κ1) is 14.4. The second-order valence-corrected chi connectivity index (χ2v) is 6.43. The maximum atomic E-state index is 12.0. The van der Waals surface area contributed by atoms with E-state index in [4.69, 9.17) is 5.11 Å². The highest BCUT2D eigenvalue weighted by Gasteiger charge is 2.27. The first-order valence-electron chi connectivity index (χ1n) is 6.06. The van der Waals surface area contributed by atoms with Gasteiger partial charge in [0, 0.05) is 12.0 Å². The SMILES string of the molecule is CC(C)(CCC(=O)O)NC(=O)C1CCCCS1. The van der Waals surface area contributed by atoms with Gasteiger partial charge < -0.3 is 10.4 Å². The van der Waals surface area contributed by atoms with Gasteiger partial charge in [0.25, 0.3) is 0 Å². The van der Waals surface area contributed by atoms with Gasteiger partial charge >= 0.3 is 5.97 Å². The molecular weight excluding hydrogens is 238 g/mol. The molecule has 0 saturated carbocycles. The van der Waals surface area contributed by atoms with Crippen LogP contribution in [-0.4, -0.2) is 33.5 Å². The molecule has 1 fully saturated rings. The van der Waals surface area contributed by atoms with Crippen LogP contribution in [0, 0.1) is 0 Å². The molecule has 0 aromatic heterocycles. The fraction of sp³-hybridized carbons (Fsp3) is 0.833. The molecule has 0 bridgehead atoms. The Bertz CT molecular complexity index is 285. The van der Waals surface area contributed by atoms with Crippen LogP contribution in [0.4, 0.5) is 0 Å². The van der Waals surface area contributed by atoms with Crippen LogP contribution in [-0.2, 0) is 9.59 Å². The quantitative estimate of drug-likeness (QED) is 0.793. The van der Waals surface area contributed by atoms with E-state index in [0.29, 0.717) is 6.42 Å². The monoisotopic (exact) mass is 259 g/mol. The Morgan fingerprint density at radius 3 is 2.65 bits per heavy atom. The molecule has 1 heterocycles. The van der Waals surface area contributed by atoms with E-state index in [1.165, 1.54) is 6.42 Å². The summed E-state index contributed by atoms with van der Waals surface area (Å²) < 4.78 is 0. The van der Waals surface area contributed by atoms with E-state index in [0.717, 1.165) is 18.6 Å². The van der Waals surface area contributed by atoms with Crippen molar-refractivity contribution in [1.82, 2.24) is 5.32 Å². The number of nitrogens with one attached hydrogen (secondary N) is 1. The molecule has 17 heavy (non-hydrogen) atoms. The van der Waals surface area contributed by atoms with Gasteiger partial charge in [-0.15, -0.1) is 11.8 Å². The second-order valence-electron chi connectivity index (χ2n) is 5.12. The Labute approximate surface area is 107 Å². The van der Waals surface area contributed by atoms with Crippen LogP contribution in [0.2, 0.25) is 0 Å². The minimum Gasteiger partial charge on any atom is -0.481 e. The van der Waals surface area contributed by atoms with E-state index in [1.807, 2.05) is 13.8 Å². The summed E-state index contributed by atoms with van der Waals surface area (Å²) in [4.78, 5) is 22.5. The summed E-state index contributed by atoms with van der Waals surface area (Å²) in [5.41, 5.74) is -0.437. The zero-order valence-electron chi connectivity index (χ0n) is 10.5. The van der Waals surface area contributed by atoms with Gasteiger partial charge in [0.1, 0.15) is 0 Å². The molecule has 1 atom stereocenters. The van der Waals surface area contributed by atoms with Crippen molar-refractivity contribution in [2.24, 2.45) is 0 Å². The van der Waals surface area contributed by atoms with Crippen molar-refractivity contribution in [2.45, 2.75) is 56.7 Å². The molecule has 1 unspecified atom stereocenters. The minimum absolute atomic E-state index is 0.0489. The molecule has 0 aromatic rings. The summed E-state index contributed by atoms with van der Waals surface area (Å²) in [5, 5.41) is 11.7. The topological polar surface area (TPSA) is 66.4 Å². The molecular formula is C12H21NO3S. The van der Waals surface area contributed by atoms with Crippen LogP contribution in [0.5, 0.6) is 0 Å². The van der Waals surface area contributed by atoms with Gasteiger partial charge in [-0.1, -0.05) is 6.42 Å². The Hall–Kier alpha value is -0.710. The number of hydrogen-bond donors (Lipinski definition) is 2. The summed E-state index contributed by atoms with van der Waals surface area (Å²) in [5.74, 6) is 0.289. The van der Waals surface area contributed by atoms with E-state index in [1.54, 1.807) is 11.8 Å². The van der Waals surface area contributed by atoms with E-state index in [9.17, 15) is 9.59 Å². The van der Waals surface area contributed by atoms with Gasteiger partial charge in [0.2, 0.25) is 5.91 Å². The van der Waals surface area contributed by atoms with Gasteiger partial charge in [-0.05, 0) is 38.9 Å². The number of rotatable bonds is 5. The number of carboxylic acids is 1. The van der Waals surface area contributed by atoms with Crippen LogP contribution < -0.4 is 5.32 Å². The van der Waals surface area contributed by atoms with Gasteiger partial charge in [0.15, 0.2) is 0 Å². The summed E-state index contributed by atoms with van der Waals surface area (Å²) in [6.45, 7) is 3.75. The van der Waals surface area contributed by atoms with Crippen molar-refractivity contribution in [2.75, 3.05) is 5.75 Å². The highest BCUT2D eigenvalue weighted by molar-refractivity contribution is 8.00. The Morgan fingerprint density at radius 1 is 1.41 bits per heavy atom. The Balaban J connectivity index is 2.39. The predicted molar refractivity (Wildman–Crippen MR) is 69.2 cm³/mol. The van der Waals surface area contributed by atoms with E-state index in [2.05, 4.69) is 5.32 Å². The third-order valence-electron chi connectivity index (χ3n) is 2.90. The summed E-state index contributed by atoms with van der Waals surface area (Å²) >= 11 is 1.71. The van der Waals surface area contributed by atoms with Crippen LogP contribution in [0.1, 0.15) is 46.0 Å². The standard InChI is InChI=1S/C12H21NO3S/c1-12(2,7-6-10(14)15)13-11(16)9-5-3-4-8-17-9/h9H,3-8H2,1-2H3,(H,13,16)(H,14,15). The first-order chi connectivity index (χ1) is 7.91. The minimum atomic E-state index is -0.820. The van der Waals surface area contributed by atoms with Crippen molar-refractivity contribution >= 4 is 23.6 Å². The number of aliphatic carboxylic acids is 1. The molecule has 1 saturated heterocycles. The normalized spacial score (nSPS) is 20.9. The molecule has 2 N–H and O–H groups in total. The molecule has 1 amide bonds. The maximum absolute atomic E-state index is 12.0. The molecule has 1 aliphatic heterocycles. The van der Waals surface area contributed by atoms with Crippen molar-refractivity contribution in [1.29, 1.82) is 0 Å². The summed E-state index contributed by atoms with van der Waals surface area (Å²) in [7, 11) is 0. The zero-order chi connectivity index (χ0) is 12.9. The molecule has 5 heteroatoms. The zero-order valence-corrected chi connectivity index (χ0v) is 11.3. The Morgan fingerprint density at radius 2 is 2.12 bits per heavy atom. The molecule has 0 aromatic carbocycles. The number of thioether (sulfide) groups is 1. The van der Waals surface area contributed by atoms with Crippen LogP contribution in [0.15, 0.2) is 0 Å². The number of carboxylic acid groups (broad SMARTS) is 1. The highest BCUT2D eigenvalue weighted by Crippen LogP contribution is 2.26. The maximum Gasteiger partial charge on any atom is 0.303 e. The van der Waals surface area contributed by atoms with E-state index in [-0.39, 0.29) is 17.6 Å². The number of hydrogen-bond acceptors (Lipinski definition) is 3. The average molecular weight is 259 g/mol. The smallest absolute Gasteiger partial charge is 0.303 e. The van der Waals surface area contributed by atoms with E-state index < -0.39 is 11.5 Å². The number of carbonyl (C=O) groups excluding carboxylic acids is 1.